The summed E-state index contributed by atoms with van der Waals surface area (Å²) in [7, 11) is 0. The van der Waals surface area contributed by atoms with E-state index >= 15 is 4.79 Å². The molecular weight excluding hydrogens is 710 g/mol. The second kappa shape index (κ2) is 14.6. The Morgan fingerprint density at radius 3 is 2.21 bits per heavy atom. The molecule has 3 amide bonds. The molecule has 1 spiro atoms. The molecular formula is C38H39BrClN3O4S. The number of carbonyl (C=O) groups is 3. The maximum Gasteiger partial charge on any atom is 0.251 e. The van der Waals surface area contributed by atoms with Crippen molar-refractivity contribution >= 4 is 62.7 Å². The normalized spacial score (nSPS) is 26.2. The fourth-order valence-corrected chi connectivity index (χ4v) is 11.5. The van der Waals surface area contributed by atoms with Crippen LogP contribution in [0, 0.1) is 11.8 Å². The minimum atomic E-state index is -0.929. The fourth-order valence-electron chi connectivity index (χ4n) is 7.78. The zero-order valence-electron chi connectivity index (χ0n) is 26.5. The molecule has 3 aliphatic rings. The molecule has 3 fully saturated rings. The number of hydrogen-bond acceptors (Lipinski definition) is 5. The van der Waals surface area contributed by atoms with Crippen LogP contribution in [0.2, 0.25) is 5.02 Å². The highest BCUT2D eigenvalue weighted by Gasteiger charge is 2.76. The number of halogens is 2. The van der Waals surface area contributed by atoms with Gasteiger partial charge in [0.2, 0.25) is 11.8 Å². The van der Waals surface area contributed by atoms with Gasteiger partial charge in [-0.15, -0.1) is 24.9 Å². The van der Waals surface area contributed by atoms with Crippen molar-refractivity contribution < 1.29 is 19.5 Å². The molecule has 3 aliphatic heterocycles. The molecule has 0 aromatic heterocycles. The average molecular weight is 749 g/mol. The van der Waals surface area contributed by atoms with E-state index in [1.54, 1.807) is 62.9 Å². The predicted octanol–water partition coefficient (Wildman–Crippen LogP) is 6.14. The lowest BCUT2D eigenvalue weighted by Crippen LogP contribution is -2.58. The number of thioether (sulfide) groups is 1. The Kier molecular flexibility index (Phi) is 10.5. The maximum atomic E-state index is 15.1. The van der Waals surface area contributed by atoms with Gasteiger partial charge in [0, 0.05) is 40.4 Å². The number of aliphatic hydroxyl groups excluding tert-OH is 1. The predicted molar refractivity (Wildman–Crippen MR) is 196 cm³/mol. The highest BCUT2D eigenvalue weighted by Crippen LogP contribution is 2.68. The van der Waals surface area contributed by atoms with E-state index in [4.69, 9.17) is 11.6 Å². The molecule has 7 atom stereocenters. The van der Waals surface area contributed by atoms with Gasteiger partial charge in [-0.05, 0) is 48.2 Å². The number of hydrogen-bond donors (Lipinski definition) is 1. The Bertz CT molecular complexity index is 1660. The molecule has 7 nitrogen and oxygen atoms in total. The molecule has 0 radical (unpaired) electrons. The van der Waals surface area contributed by atoms with Gasteiger partial charge in [-0.25, -0.2) is 0 Å². The molecule has 10 heteroatoms. The van der Waals surface area contributed by atoms with Gasteiger partial charge in [0.25, 0.3) is 5.91 Å². The van der Waals surface area contributed by atoms with Gasteiger partial charge < -0.3 is 19.8 Å². The number of nitrogens with zero attached hydrogens (tertiary/aromatic N) is 3. The summed E-state index contributed by atoms with van der Waals surface area (Å²) in [5.74, 6) is -2.06. The first-order chi connectivity index (χ1) is 23.2. The van der Waals surface area contributed by atoms with Crippen LogP contribution in [0.4, 0.5) is 5.69 Å². The van der Waals surface area contributed by atoms with Crippen LogP contribution in [-0.4, -0.2) is 79.2 Å². The van der Waals surface area contributed by atoms with Crippen LogP contribution in [0.15, 0.2) is 110 Å². The Labute approximate surface area is 299 Å². The van der Waals surface area contributed by atoms with Crippen LogP contribution < -0.4 is 4.90 Å². The van der Waals surface area contributed by atoms with Crippen LogP contribution in [0.5, 0.6) is 0 Å². The maximum absolute atomic E-state index is 15.1. The number of carbonyl (C=O) groups excluding carboxylic acids is 3. The first-order valence-corrected chi connectivity index (χ1v) is 18.3. The van der Waals surface area contributed by atoms with E-state index < -0.39 is 28.7 Å². The highest BCUT2D eigenvalue weighted by atomic mass is 79.9. The molecule has 3 aromatic rings. The van der Waals surface area contributed by atoms with Crippen LogP contribution in [-0.2, 0) is 27.3 Å². The number of likely N-dealkylation sites (tertiary alicyclic amines) is 1. The summed E-state index contributed by atoms with van der Waals surface area (Å²) in [6.45, 7) is 8.40. The number of alkyl halides is 1. The molecule has 1 N–H and O–H groups in total. The van der Waals surface area contributed by atoms with Gasteiger partial charge in [-0.3, -0.25) is 14.4 Å². The third-order valence-electron chi connectivity index (χ3n) is 9.76. The van der Waals surface area contributed by atoms with Crippen LogP contribution in [0.25, 0.3) is 0 Å². The van der Waals surface area contributed by atoms with Gasteiger partial charge in [-0.2, -0.15) is 0 Å². The molecule has 3 unspecified atom stereocenters. The second-order valence-corrected chi connectivity index (χ2v) is 15.8. The number of anilines is 1. The third kappa shape index (κ3) is 6.26. The Hall–Kier alpha value is -3.37. The molecule has 2 bridgehead atoms. The zero-order valence-corrected chi connectivity index (χ0v) is 29.7. The molecule has 3 aromatic carbocycles. The largest absolute Gasteiger partial charge is 0.394 e. The molecule has 3 saturated heterocycles. The van der Waals surface area contributed by atoms with E-state index in [2.05, 4.69) is 29.1 Å². The van der Waals surface area contributed by atoms with Crippen molar-refractivity contribution in [3.8, 4) is 0 Å². The molecule has 250 valence electrons. The van der Waals surface area contributed by atoms with E-state index in [0.29, 0.717) is 36.6 Å². The van der Waals surface area contributed by atoms with Crippen molar-refractivity contribution in [1.82, 2.24) is 9.80 Å². The zero-order chi connectivity index (χ0) is 34.0. The van der Waals surface area contributed by atoms with Gasteiger partial charge in [0.15, 0.2) is 0 Å². The van der Waals surface area contributed by atoms with Crippen molar-refractivity contribution in [2.45, 2.75) is 46.3 Å². The monoisotopic (exact) mass is 747 g/mol. The average Bonchev–Trinajstić information content (AvgIpc) is 3.70. The van der Waals surface area contributed by atoms with Crippen molar-refractivity contribution in [3.05, 3.63) is 126 Å². The van der Waals surface area contributed by atoms with Crippen molar-refractivity contribution in [2.24, 2.45) is 11.8 Å². The van der Waals surface area contributed by atoms with Crippen LogP contribution >= 0.6 is 39.3 Å². The fraction of sp³-hybridized carbons (Fsp3) is 0.342. The summed E-state index contributed by atoms with van der Waals surface area (Å²) in [4.78, 5) is 49.6. The number of rotatable bonds is 13. The molecule has 6 rings (SSSR count). The quantitative estimate of drug-likeness (QED) is 0.168. The summed E-state index contributed by atoms with van der Waals surface area (Å²) < 4.78 is -0.893. The summed E-state index contributed by atoms with van der Waals surface area (Å²) in [6.07, 6.45) is 4.26. The number of amides is 3. The number of fused-ring (bicyclic) bond motifs is 1. The van der Waals surface area contributed by atoms with Crippen molar-refractivity contribution in [2.75, 3.05) is 24.6 Å². The summed E-state index contributed by atoms with van der Waals surface area (Å²) in [5, 5.41) is 11.2. The van der Waals surface area contributed by atoms with Crippen LogP contribution in [0.1, 0.15) is 17.5 Å². The van der Waals surface area contributed by atoms with Gasteiger partial charge in [-0.1, -0.05) is 100 Å². The van der Waals surface area contributed by atoms with E-state index in [1.807, 2.05) is 60.7 Å². The third-order valence-corrected chi connectivity index (χ3v) is 13.2. The SMILES string of the molecule is C=CCN(Cc1ccccc1)C(=O)[C@H]1[C@H]2C(=O)N([C@@H](CO)Cc3ccccc3)C(C(=O)N(CC=C)c3ccc(Cl)cc3)C23CC(Br)[C@@H]1S3. The molecule has 0 saturated carbocycles. The van der Waals surface area contributed by atoms with E-state index in [9.17, 15) is 14.7 Å². The van der Waals surface area contributed by atoms with Gasteiger partial charge in [0.1, 0.15) is 6.04 Å². The summed E-state index contributed by atoms with van der Waals surface area (Å²) >= 11 is 11.7. The highest BCUT2D eigenvalue weighted by molar-refractivity contribution is 9.09. The van der Waals surface area contributed by atoms with E-state index in [0.717, 1.165) is 11.1 Å². The smallest absolute Gasteiger partial charge is 0.251 e. The number of aliphatic hydroxyl groups is 1. The van der Waals surface area contributed by atoms with E-state index in [1.165, 1.54) is 0 Å². The van der Waals surface area contributed by atoms with Crippen molar-refractivity contribution in [1.29, 1.82) is 0 Å². The Morgan fingerprint density at radius 2 is 1.60 bits per heavy atom. The lowest BCUT2D eigenvalue weighted by atomic mass is 9.70. The topological polar surface area (TPSA) is 81.2 Å². The summed E-state index contributed by atoms with van der Waals surface area (Å²) in [6, 6.07) is 24.8. The second-order valence-electron chi connectivity index (χ2n) is 12.6. The minimum absolute atomic E-state index is 0.0943. The van der Waals surface area contributed by atoms with Gasteiger partial charge >= 0.3 is 0 Å². The van der Waals surface area contributed by atoms with Gasteiger partial charge in [0.05, 0.1) is 29.2 Å². The summed E-state index contributed by atoms with van der Waals surface area (Å²) in [5.41, 5.74) is 2.54. The lowest BCUT2D eigenvalue weighted by molar-refractivity contribution is -0.145. The van der Waals surface area contributed by atoms with Crippen LogP contribution in [0.3, 0.4) is 0 Å². The standard InChI is InChI=1S/C38H39BrClN3O4S/c1-3-19-41(23-26-13-9-6-10-14-26)35(45)31-32-36(46)43(29(24-44)21-25-11-7-5-8-12-25)34(38(32)22-30(39)33(31)48-38)37(47)42(20-4-2)28-17-15-27(40)16-18-28/h3-18,29-34,44H,1-2,19-24H2/t29-,30?,31+,32+,33+,34?,38?/m1/s1. The first-order valence-electron chi connectivity index (χ1n) is 16.1. The Balaban J connectivity index is 1.44. The van der Waals surface area contributed by atoms with E-state index in [-0.39, 0.29) is 41.0 Å². The lowest BCUT2D eigenvalue weighted by Gasteiger charge is -2.40. The molecule has 48 heavy (non-hydrogen) atoms. The number of benzene rings is 3. The Morgan fingerprint density at radius 1 is 0.979 bits per heavy atom. The molecule has 3 heterocycles. The minimum Gasteiger partial charge on any atom is -0.394 e. The first kappa shape index (κ1) is 34.5. The van der Waals surface area contributed by atoms with Crippen molar-refractivity contribution in [3.63, 3.8) is 0 Å². The molecule has 0 aliphatic carbocycles.